The average Bonchev–Trinajstić information content (AvgIpc) is 3.28. The average molecular weight is 392 g/mol. The molecule has 26 heavy (non-hydrogen) atoms. The lowest BCUT2D eigenvalue weighted by Gasteiger charge is -2.43. The Kier molecular flexibility index (Phi) is 4.33. The van der Waals surface area contributed by atoms with Gasteiger partial charge in [0.2, 0.25) is 0 Å². The van der Waals surface area contributed by atoms with E-state index in [2.05, 4.69) is 40.6 Å². The van der Waals surface area contributed by atoms with Crippen LogP contribution in [0.4, 0.5) is 0 Å². The van der Waals surface area contributed by atoms with E-state index in [1.807, 2.05) is 6.20 Å². The molecule has 5 rings (SSSR count). The molecule has 5 heterocycles. The van der Waals surface area contributed by atoms with Crippen molar-refractivity contribution in [3.63, 3.8) is 0 Å². The Labute approximate surface area is 159 Å². The number of morpholine rings is 1. The number of rotatable bonds is 3. The van der Waals surface area contributed by atoms with Crippen molar-refractivity contribution in [2.24, 2.45) is 0 Å². The lowest BCUT2D eigenvalue weighted by Crippen LogP contribution is -2.50. The number of aromatic nitrogens is 5. The number of nitrogens with zero attached hydrogens (tertiary/aromatic N) is 7. The third-order valence-corrected chi connectivity index (χ3v) is 6.25. The van der Waals surface area contributed by atoms with Gasteiger partial charge in [0, 0.05) is 37.3 Å². The van der Waals surface area contributed by atoms with Crippen molar-refractivity contribution in [1.29, 1.82) is 0 Å². The van der Waals surface area contributed by atoms with Crippen molar-refractivity contribution in [3.05, 3.63) is 35.6 Å². The van der Waals surface area contributed by atoms with Gasteiger partial charge in [-0.05, 0) is 6.07 Å². The molecule has 1 saturated heterocycles. The molecule has 3 aromatic rings. The predicted molar refractivity (Wildman–Crippen MR) is 97.8 cm³/mol. The molecule has 0 spiro atoms. The van der Waals surface area contributed by atoms with Gasteiger partial charge < -0.3 is 9.30 Å². The first kappa shape index (κ1) is 16.5. The maximum Gasteiger partial charge on any atom is 0.147 e. The van der Waals surface area contributed by atoms with E-state index in [9.17, 15) is 0 Å². The summed E-state index contributed by atoms with van der Waals surface area (Å²) in [4.78, 5) is 14.6. The number of thiophene rings is 1. The Hall–Kier alpha value is -1.65. The predicted octanol–water partition coefficient (Wildman–Crippen LogP) is 1.69. The minimum absolute atomic E-state index is 0.116. The van der Waals surface area contributed by atoms with Gasteiger partial charge in [-0.1, -0.05) is 11.6 Å². The summed E-state index contributed by atoms with van der Waals surface area (Å²) < 4.78 is 8.76. The van der Waals surface area contributed by atoms with Crippen molar-refractivity contribution < 1.29 is 4.74 Å². The van der Waals surface area contributed by atoms with E-state index < -0.39 is 0 Å². The van der Waals surface area contributed by atoms with Crippen LogP contribution in [0.5, 0.6) is 0 Å². The van der Waals surface area contributed by atoms with E-state index >= 15 is 0 Å². The lowest BCUT2D eigenvalue weighted by atomic mass is 10.2. The number of hydrogen-bond donors (Lipinski definition) is 0. The molecule has 10 heteroatoms. The molecule has 2 aliphatic rings. The van der Waals surface area contributed by atoms with Gasteiger partial charge in [-0.2, -0.15) is 0 Å². The molecule has 1 fully saturated rings. The molecule has 0 bridgehead atoms. The summed E-state index contributed by atoms with van der Waals surface area (Å²) in [5.41, 5.74) is 0.703. The number of ether oxygens (including phenoxy) is 1. The fourth-order valence-corrected chi connectivity index (χ4v) is 5.09. The summed E-state index contributed by atoms with van der Waals surface area (Å²) in [5, 5.41) is 8.31. The van der Waals surface area contributed by atoms with Crippen LogP contribution < -0.4 is 0 Å². The van der Waals surface area contributed by atoms with Crippen LogP contribution in [-0.2, 0) is 17.8 Å². The fourth-order valence-electron chi connectivity index (χ4n) is 3.66. The molecule has 0 aliphatic carbocycles. The second-order valence-electron chi connectivity index (χ2n) is 6.48. The van der Waals surface area contributed by atoms with Crippen molar-refractivity contribution >= 4 is 33.2 Å². The molecule has 0 N–H and O–H groups in total. The zero-order valence-electron chi connectivity index (χ0n) is 14.0. The molecule has 0 radical (unpaired) electrons. The Morgan fingerprint density at radius 1 is 1.27 bits per heavy atom. The SMILES string of the molecule is ClC1CN(C(c2cc3ncncc3s2)N2CCn3cnnc3C2)CCO1. The van der Waals surface area contributed by atoms with E-state index in [4.69, 9.17) is 16.3 Å². The number of halogens is 1. The Morgan fingerprint density at radius 2 is 2.23 bits per heavy atom. The first-order valence-corrected chi connectivity index (χ1v) is 9.83. The summed E-state index contributed by atoms with van der Waals surface area (Å²) in [7, 11) is 0. The number of alkyl halides is 1. The molecule has 136 valence electrons. The molecule has 0 aromatic carbocycles. The van der Waals surface area contributed by atoms with E-state index in [1.54, 1.807) is 24.0 Å². The van der Waals surface area contributed by atoms with E-state index in [1.165, 1.54) is 4.88 Å². The zero-order valence-corrected chi connectivity index (χ0v) is 15.6. The van der Waals surface area contributed by atoms with Crippen LogP contribution in [0.15, 0.2) is 24.9 Å². The highest BCUT2D eigenvalue weighted by molar-refractivity contribution is 7.19. The first-order chi connectivity index (χ1) is 12.8. The first-order valence-electron chi connectivity index (χ1n) is 8.58. The highest BCUT2D eigenvalue weighted by Gasteiger charge is 2.34. The van der Waals surface area contributed by atoms with Crippen LogP contribution in [0.3, 0.4) is 0 Å². The van der Waals surface area contributed by atoms with Crippen LogP contribution in [0, 0.1) is 0 Å². The topological polar surface area (TPSA) is 72.2 Å². The molecule has 0 saturated carbocycles. The number of fused-ring (bicyclic) bond motifs is 2. The summed E-state index contributed by atoms with van der Waals surface area (Å²) in [5.74, 6) is 0.998. The molecule has 2 atom stereocenters. The van der Waals surface area contributed by atoms with Gasteiger partial charge in [0.25, 0.3) is 0 Å². The smallest absolute Gasteiger partial charge is 0.147 e. The summed E-state index contributed by atoms with van der Waals surface area (Å²) in [6.07, 6.45) is 5.40. The Morgan fingerprint density at radius 3 is 3.12 bits per heavy atom. The lowest BCUT2D eigenvalue weighted by molar-refractivity contribution is -0.0553. The van der Waals surface area contributed by atoms with Gasteiger partial charge in [-0.25, -0.2) is 9.97 Å². The molecule has 3 aromatic heterocycles. The monoisotopic (exact) mass is 391 g/mol. The number of hydrogen-bond acceptors (Lipinski definition) is 8. The van der Waals surface area contributed by atoms with Crippen molar-refractivity contribution in [1.82, 2.24) is 34.5 Å². The maximum atomic E-state index is 6.30. The molecule has 0 amide bonds. The van der Waals surface area contributed by atoms with Gasteiger partial charge in [0.05, 0.1) is 29.5 Å². The molecule has 2 aliphatic heterocycles. The summed E-state index contributed by atoms with van der Waals surface area (Å²) in [6.45, 7) is 4.75. The Balaban J connectivity index is 1.52. The van der Waals surface area contributed by atoms with Crippen LogP contribution in [0.1, 0.15) is 16.9 Å². The normalized spacial score (nSPS) is 23.2. The van der Waals surface area contributed by atoms with Gasteiger partial charge in [0.15, 0.2) is 0 Å². The summed E-state index contributed by atoms with van der Waals surface area (Å²) >= 11 is 8.04. The van der Waals surface area contributed by atoms with Crippen molar-refractivity contribution in [3.8, 4) is 0 Å². The van der Waals surface area contributed by atoms with Crippen molar-refractivity contribution in [2.75, 3.05) is 26.2 Å². The van der Waals surface area contributed by atoms with Gasteiger partial charge >= 0.3 is 0 Å². The molecule has 8 nitrogen and oxygen atoms in total. The second kappa shape index (κ2) is 6.82. The van der Waals surface area contributed by atoms with Crippen molar-refractivity contribution in [2.45, 2.75) is 24.8 Å². The van der Waals surface area contributed by atoms with E-state index in [0.29, 0.717) is 13.2 Å². The zero-order chi connectivity index (χ0) is 17.5. The standard InChI is InChI=1S/C16H18ClN7OS/c17-14-7-23(3-4-25-14)16(12-5-11-13(26-12)6-18-9-19-11)22-1-2-24-10-20-21-15(24)8-22/h5-6,9-10,14,16H,1-4,7-8H2. The molecular formula is C16H18ClN7OS. The quantitative estimate of drug-likeness (QED) is 0.629. The minimum atomic E-state index is -0.283. The summed E-state index contributed by atoms with van der Waals surface area (Å²) in [6, 6.07) is 2.17. The third kappa shape index (κ3) is 2.99. The molecular weight excluding hydrogens is 374 g/mol. The van der Waals surface area contributed by atoms with Crippen LogP contribution >= 0.6 is 22.9 Å². The highest BCUT2D eigenvalue weighted by Crippen LogP contribution is 2.36. The van der Waals surface area contributed by atoms with Crippen LogP contribution in [-0.4, -0.2) is 66.3 Å². The van der Waals surface area contributed by atoms with E-state index in [-0.39, 0.29) is 11.7 Å². The van der Waals surface area contributed by atoms with Gasteiger partial charge in [0.1, 0.15) is 24.0 Å². The van der Waals surface area contributed by atoms with Crippen LogP contribution in [0.25, 0.3) is 10.2 Å². The fraction of sp³-hybridized carbons (Fsp3) is 0.500. The highest BCUT2D eigenvalue weighted by atomic mass is 35.5. The third-order valence-electron chi connectivity index (χ3n) is 4.88. The van der Waals surface area contributed by atoms with Crippen LogP contribution in [0.2, 0.25) is 0 Å². The van der Waals surface area contributed by atoms with Gasteiger partial charge in [-0.3, -0.25) is 9.80 Å². The molecule has 2 unspecified atom stereocenters. The largest absolute Gasteiger partial charge is 0.360 e. The maximum absolute atomic E-state index is 6.30. The minimum Gasteiger partial charge on any atom is -0.360 e. The Bertz CT molecular complexity index is 882. The van der Waals surface area contributed by atoms with Gasteiger partial charge in [-0.15, -0.1) is 21.5 Å². The van der Waals surface area contributed by atoms with E-state index in [0.717, 1.165) is 42.2 Å². The second-order valence-corrected chi connectivity index (χ2v) is 8.08.